The lowest BCUT2D eigenvalue weighted by Gasteiger charge is -2.29. The summed E-state index contributed by atoms with van der Waals surface area (Å²) in [5.74, 6) is 0.807. The fourth-order valence-electron chi connectivity index (χ4n) is 2.05. The Morgan fingerprint density at radius 3 is 2.93 bits per heavy atom. The van der Waals surface area contributed by atoms with E-state index in [0.29, 0.717) is 5.56 Å². The number of thioether (sulfide) groups is 1. The van der Waals surface area contributed by atoms with Crippen molar-refractivity contribution < 1.29 is 9.50 Å². The summed E-state index contributed by atoms with van der Waals surface area (Å²) in [7, 11) is 0. The van der Waals surface area contributed by atoms with Crippen LogP contribution in [0.15, 0.2) is 24.3 Å². The van der Waals surface area contributed by atoms with Gasteiger partial charge in [0.1, 0.15) is 5.82 Å². The molecule has 0 spiro atoms. The molecule has 0 saturated carbocycles. The van der Waals surface area contributed by atoms with E-state index in [0.717, 1.165) is 18.6 Å². The van der Waals surface area contributed by atoms with E-state index in [1.807, 2.05) is 0 Å². The maximum Gasteiger partial charge on any atom is 0.123 e. The van der Waals surface area contributed by atoms with Gasteiger partial charge in [0.15, 0.2) is 0 Å². The highest BCUT2D eigenvalue weighted by molar-refractivity contribution is 8.00. The third kappa shape index (κ3) is 2.18. The Morgan fingerprint density at radius 2 is 2.33 bits per heavy atom. The van der Waals surface area contributed by atoms with Gasteiger partial charge in [0.2, 0.25) is 0 Å². The molecule has 2 atom stereocenters. The summed E-state index contributed by atoms with van der Waals surface area (Å²) in [6, 6.07) is 6.27. The Bertz CT molecular complexity index is 347. The number of halogens is 1. The smallest absolute Gasteiger partial charge is 0.123 e. The van der Waals surface area contributed by atoms with Crippen molar-refractivity contribution in [3.63, 3.8) is 0 Å². The summed E-state index contributed by atoms with van der Waals surface area (Å²) in [4.78, 5) is 0. The molecule has 0 radical (unpaired) electrons. The van der Waals surface area contributed by atoms with Crippen molar-refractivity contribution in [1.29, 1.82) is 0 Å². The van der Waals surface area contributed by atoms with Gasteiger partial charge in [0.25, 0.3) is 0 Å². The van der Waals surface area contributed by atoms with Crippen molar-refractivity contribution in [2.24, 2.45) is 0 Å². The van der Waals surface area contributed by atoms with Crippen LogP contribution in [-0.2, 0) is 0 Å². The zero-order valence-corrected chi connectivity index (χ0v) is 9.56. The van der Waals surface area contributed by atoms with Crippen LogP contribution in [0.2, 0.25) is 0 Å². The topological polar surface area (TPSA) is 20.2 Å². The van der Waals surface area contributed by atoms with Crippen molar-refractivity contribution in [3.05, 3.63) is 35.6 Å². The number of hydrogen-bond donors (Lipinski definition) is 1. The highest BCUT2D eigenvalue weighted by Crippen LogP contribution is 2.46. The fourth-order valence-corrected chi connectivity index (χ4v) is 3.38. The molecule has 0 aromatic heterocycles. The van der Waals surface area contributed by atoms with Gasteiger partial charge in [-0.05, 0) is 43.2 Å². The van der Waals surface area contributed by atoms with E-state index >= 15 is 0 Å². The van der Waals surface area contributed by atoms with Crippen LogP contribution in [0.25, 0.3) is 0 Å². The van der Waals surface area contributed by atoms with Crippen LogP contribution in [0.4, 0.5) is 4.39 Å². The molecule has 1 fully saturated rings. The van der Waals surface area contributed by atoms with E-state index in [-0.39, 0.29) is 10.6 Å². The van der Waals surface area contributed by atoms with Gasteiger partial charge >= 0.3 is 0 Å². The molecule has 1 N–H and O–H groups in total. The normalized spacial score (nSPS) is 27.9. The maximum absolute atomic E-state index is 13.0. The average Bonchev–Trinajstić information content (AvgIpc) is 2.65. The highest BCUT2D eigenvalue weighted by atomic mass is 32.2. The zero-order chi connectivity index (χ0) is 10.9. The molecule has 1 heterocycles. The van der Waals surface area contributed by atoms with Gasteiger partial charge in [-0.25, -0.2) is 4.39 Å². The first-order chi connectivity index (χ1) is 7.12. The molecule has 82 valence electrons. The molecule has 0 bridgehead atoms. The first kappa shape index (κ1) is 11.0. The van der Waals surface area contributed by atoms with Crippen molar-refractivity contribution >= 4 is 11.8 Å². The summed E-state index contributed by atoms with van der Waals surface area (Å²) in [5, 5.41) is 10.2. The summed E-state index contributed by atoms with van der Waals surface area (Å²) in [6.45, 7) is 2.06. The monoisotopic (exact) mass is 226 g/mol. The third-order valence-electron chi connectivity index (χ3n) is 2.99. The van der Waals surface area contributed by atoms with Gasteiger partial charge in [0.05, 0.1) is 6.10 Å². The summed E-state index contributed by atoms with van der Waals surface area (Å²) >= 11 is 1.78. The summed E-state index contributed by atoms with van der Waals surface area (Å²) in [6.07, 6.45) is 1.56. The van der Waals surface area contributed by atoms with E-state index < -0.39 is 6.10 Å². The second-order valence-electron chi connectivity index (χ2n) is 4.22. The minimum atomic E-state index is -0.569. The lowest BCUT2D eigenvalue weighted by Crippen LogP contribution is -2.26. The molecule has 2 rings (SSSR count). The maximum atomic E-state index is 13.0. The molecule has 15 heavy (non-hydrogen) atoms. The fraction of sp³-hybridized carbons (Fsp3) is 0.500. The van der Waals surface area contributed by atoms with Crippen LogP contribution < -0.4 is 0 Å². The molecule has 3 heteroatoms. The van der Waals surface area contributed by atoms with Crippen molar-refractivity contribution in [3.8, 4) is 0 Å². The second-order valence-corrected chi connectivity index (χ2v) is 5.85. The van der Waals surface area contributed by atoms with E-state index in [4.69, 9.17) is 0 Å². The summed E-state index contributed by atoms with van der Waals surface area (Å²) in [5.41, 5.74) is 0.687. The first-order valence-corrected chi connectivity index (χ1v) is 6.18. The first-order valence-electron chi connectivity index (χ1n) is 5.19. The molecular formula is C12H15FOS. The van der Waals surface area contributed by atoms with Gasteiger partial charge in [-0.3, -0.25) is 0 Å². The minimum absolute atomic E-state index is 0.145. The Balaban J connectivity index is 2.23. The molecule has 1 saturated heterocycles. The number of benzene rings is 1. The van der Waals surface area contributed by atoms with Crippen LogP contribution in [0.3, 0.4) is 0 Å². The molecular weight excluding hydrogens is 211 g/mol. The van der Waals surface area contributed by atoms with Crippen LogP contribution in [-0.4, -0.2) is 15.6 Å². The van der Waals surface area contributed by atoms with Gasteiger partial charge in [0, 0.05) is 4.75 Å². The van der Waals surface area contributed by atoms with Crippen LogP contribution in [0, 0.1) is 5.82 Å². The predicted molar refractivity (Wildman–Crippen MR) is 61.5 cm³/mol. The standard InChI is InChI=1S/C12H15FOS/c1-12(6-3-7-15-12)11(14)9-4-2-5-10(13)8-9/h2,4-5,8,11,14H,3,6-7H2,1H3. The van der Waals surface area contributed by atoms with E-state index in [1.54, 1.807) is 23.9 Å². The van der Waals surface area contributed by atoms with Gasteiger partial charge in [-0.15, -0.1) is 0 Å². The summed E-state index contributed by atoms with van der Waals surface area (Å²) < 4.78 is 12.9. The van der Waals surface area contributed by atoms with Crippen molar-refractivity contribution in [2.75, 3.05) is 5.75 Å². The number of aliphatic hydroxyl groups is 1. The third-order valence-corrected chi connectivity index (χ3v) is 4.57. The molecule has 1 nitrogen and oxygen atoms in total. The average molecular weight is 226 g/mol. The number of hydrogen-bond acceptors (Lipinski definition) is 2. The van der Waals surface area contributed by atoms with Crippen molar-refractivity contribution in [1.82, 2.24) is 0 Å². The molecule has 1 aromatic rings. The molecule has 1 aromatic carbocycles. The second kappa shape index (κ2) is 4.14. The molecule has 0 aliphatic carbocycles. The minimum Gasteiger partial charge on any atom is -0.387 e. The predicted octanol–water partition coefficient (Wildman–Crippen LogP) is 3.14. The Kier molecular flexibility index (Phi) is 3.03. The van der Waals surface area contributed by atoms with E-state index in [9.17, 15) is 9.50 Å². The van der Waals surface area contributed by atoms with Gasteiger partial charge in [-0.1, -0.05) is 12.1 Å². The van der Waals surface area contributed by atoms with Crippen LogP contribution >= 0.6 is 11.8 Å². The Morgan fingerprint density at radius 1 is 1.53 bits per heavy atom. The molecule has 2 unspecified atom stereocenters. The van der Waals surface area contributed by atoms with Gasteiger partial charge in [-0.2, -0.15) is 11.8 Å². The number of rotatable bonds is 2. The van der Waals surface area contributed by atoms with Crippen LogP contribution in [0.1, 0.15) is 31.4 Å². The van der Waals surface area contributed by atoms with Crippen molar-refractivity contribution in [2.45, 2.75) is 30.6 Å². The Hall–Kier alpha value is -0.540. The highest BCUT2D eigenvalue weighted by Gasteiger charge is 2.37. The quantitative estimate of drug-likeness (QED) is 0.836. The lowest BCUT2D eigenvalue weighted by molar-refractivity contribution is 0.134. The van der Waals surface area contributed by atoms with E-state index in [1.165, 1.54) is 12.1 Å². The van der Waals surface area contributed by atoms with Crippen LogP contribution in [0.5, 0.6) is 0 Å². The Labute approximate surface area is 93.7 Å². The molecule has 0 amide bonds. The molecule has 1 aliphatic rings. The lowest BCUT2D eigenvalue weighted by atomic mass is 9.93. The largest absolute Gasteiger partial charge is 0.387 e. The van der Waals surface area contributed by atoms with E-state index in [2.05, 4.69) is 6.92 Å². The number of aliphatic hydroxyl groups excluding tert-OH is 1. The molecule has 1 aliphatic heterocycles. The van der Waals surface area contributed by atoms with Gasteiger partial charge < -0.3 is 5.11 Å². The zero-order valence-electron chi connectivity index (χ0n) is 8.74. The SMILES string of the molecule is CC1(C(O)c2cccc(F)c2)CCCS1.